The molecule has 2 aliphatic heterocycles. The molecule has 5 atom stereocenters. The number of rotatable bonds is 4. The highest BCUT2D eigenvalue weighted by Gasteiger charge is 2.57. The Morgan fingerprint density at radius 3 is 2.77 bits per heavy atom. The van der Waals surface area contributed by atoms with Crippen LogP contribution in [0.1, 0.15) is 59.4 Å². The van der Waals surface area contributed by atoms with Crippen molar-refractivity contribution in [1.29, 1.82) is 0 Å². The fourth-order valence-electron chi connectivity index (χ4n) is 7.48. The molecule has 208 valence electrons. The summed E-state index contributed by atoms with van der Waals surface area (Å²) in [6.07, 6.45) is 2.03. The Morgan fingerprint density at radius 1 is 1.23 bits per heavy atom. The second-order valence-corrected chi connectivity index (χ2v) is 12.8. The summed E-state index contributed by atoms with van der Waals surface area (Å²) < 4.78 is 16.1. The number of amides is 2. The molecule has 4 fully saturated rings. The first-order valence-electron chi connectivity index (χ1n) is 14.3. The van der Waals surface area contributed by atoms with Gasteiger partial charge in [0.2, 0.25) is 5.91 Å². The number of hydrogen-bond acceptors (Lipinski definition) is 5. The van der Waals surface area contributed by atoms with E-state index in [9.17, 15) is 14.0 Å². The van der Waals surface area contributed by atoms with Crippen LogP contribution in [0.2, 0.25) is 5.02 Å². The lowest BCUT2D eigenvalue weighted by Crippen LogP contribution is -2.58. The van der Waals surface area contributed by atoms with Gasteiger partial charge in [-0.2, -0.15) is 5.10 Å². The smallest absolute Gasteiger partial charge is 0.274 e. The van der Waals surface area contributed by atoms with E-state index in [-0.39, 0.29) is 30.4 Å². The molecule has 39 heavy (non-hydrogen) atoms. The molecule has 8 nitrogen and oxygen atoms in total. The van der Waals surface area contributed by atoms with Crippen molar-refractivity contribution >= 4 is 29.1 Å². The number of aromatic nitrogens is 2. The average Bonchev–Trinajstić information content (AvgIpc) is 3.70. The lowest BCUT2D eigenvalue weighted by atomic mass is 10.0. The molecule has 3 heterocycles. The highest BCUT2D eigenvalue weighted by Crippen LogP contribution is 2.62. The maximum absolute atomic E-state index is 14.4. The zero-order valence-corrected chi connectivity index (χ0v) is 23.3. The van der Waals surface area contributed by atoms with Gasteiger partial charge >= 0.3 is 0 Å². The highest BCUT2D eigenvalue weighted by atomic mass is 35.5. The lowest BCUT2D eigenvalue weighted by Gasteiger charge is -2.43. The molecule has 0 bridgehead atoms. The Balaban J connectivity index is 1.11. The van der Waals surface area contributed by atoms with Crippen molar-refractivity contribution in [2.45, 2.75) is 69.7 Å². The summed E-state index contributed by atoms with van der Waals surface area (Å²) in [5.74, 6) is 1.17. The van der Waals surface area contributed by atoms with Crippen molar-refractivity contribution in [3.63, 3.8) is 0 Å². The van der Waals surface area contributed by atoms with Crippen molar-refractivity contribution in [3.05, 3.63) is 45.7 Å². The predicted octanol–water partition coefficient (Wildman–Crippen LogP) is 3.14. The molecule has 1 spiro atoms. The van der Waals surface area contributed by atoms with E-state index in [1.807, 2.05) is 19.1 Å². The number of nitrogens with two attached hydrogens (primary N) is 1. The first kappa shape index (κ1) is 25.3. The van der Waals surface area contributed by atoms with Crippen molar-refractivity contribution < 1.29 is 14.0 Å². The van der Waals surface area contributed by atoms with Gasteiger partial charge in [0.1, 0.15) is 12.7 Å². The van der Waals surface area contributed by atoms with Gasteiger partial charge in [-0.25, -0.2) is 4.39 Å². The summed E-state index contributed by atoms with van der Waals surface area (Å²) in [5, 5.41) is 5.51. The number of hydrogen-bond donors (Lipinski definition) is 1. The van der Waals surface area contributed by atoms with Crippen molar-refractivity contribution in [1.82, 2.24) is 19.6 Å². The van der Waals surface area contributed by atoms with Crippen LogP contribution in [-0.4, -0.2) is 81.9 Å². The minimum Gasteiger partial charge on any atom is -0.367 e. The van der Waals surface area contributed by atoms with E-state index in [2.05, 4.69) is 22.8 Å². The number of piperazine rings is 1. The first-order valence-corrected chi connectivity index (χ1v) is 14.7. The Hall–Kier alpha value is -2.65. The second kappa shape index (κ2) is 8.93. The van der Waals surface area contributed by atoms with Gasteiger partial charge in [-0.3, -0.25) is 14.3 Å². The number of likely N-dealkylation sites (tertiary alicyclic amines) is 1. The zero-order valence-electron chi connectivity index (χ0n) is 22.6. The third-order valence-electron chi connectivity index (χ3n) is 10.1. The minimum absolute atomic E-state index is 0.00309. The highest BCUT2D eigenvalue weighted by molar-refractivity contribution is 6.31. The average molecular weight is 555 g/mol. The van der Waals surface area contributed by atoms with E-state index in [0.717, 1.165) is 59.9 Å². The van der Waals surface area contributed by atoms with Crippen LogP contribution in [0.5, 0.6) is 0 Å². The molecule has 2 N–H and O–H groups in total. The molecule has 5 aliphatic rings. The van der Waals surface area contributed by atoms with Crippen LogP contribution >= 0.6 is 11.6 Å². The van der Waals surface area contributed by atoms with Crippen LogP contribution in [0.3, 0.4) is 0 Å². The Kier molecular flexibility index (Phi) is 5.80. The zero-order chi connectivity index (χ0) is 27.2. The molecule has 7 rings (SSSR count). The van der Waals surface area contributed by atoms with E-state index in [4.69, 9.17) is 22.4 Å². The Bertz CT molecular complexity index is 1360. The van der Waals surface area contributed by atoms with E-state index >= 15 is 0 Å². The van der Waals surface area contributed by atoms with Gasteiger partial charge in [0.25, 0.3) is 5.91 Å². The molecule has 2 amide bonds. The number of halogens is 2. The first-order chi connectivity index (χ1) is 18.7. The number of fused-ring (bicyclic) bond motifs is 3. The van der Waals surface area contributed by atoms with Gasteiger partial charge in [-0.15, -0.1) is 0 Å². The quantitative estimate of drug-likeness (QED) is 0.627. The maximum atomic E-state index is 14.4. The molecule has 3 unspecified atom stereocenters. The number of carbonyl (C=O) groups is 2. The molecule has 2 aromatic rings. The summed E-state index contributed by atoms with van der Waals surface area (Å²) in [4.78, 5) is 33.3. The van der Waals surface area contributed by atoms with E-state index in [1.54, 1.807) is 9.58 Å². The fraction of sp³-hybridized carbons (Fsp3) is 0.621. The minimum atomic E-state index is -1.23. The van der Waals surface area contributed by atoms with Crippen LogP contribution in [0.15, 0.2) is 18.2 Å². The van der Waals surface area contributed by atoms with Gasteiger partial charge in [0, 0.05) is 54.2 Å². The molecule has 0 radical (unpaired) electrons. The largest absolute Gasteiger partial charge is 0.367 e. The summed E-state index contributed by atoms with van der Waals surface area (Å²) in [7, 11) is 0. The number of alkyl halides is 1. The number of anilines is 1. The third-order valence-corrected chi connectivity index (χ3v) is 10.6. The van der Waals surface area contributed by atoms with E-state index in [0.29, 0.717) is 43.0 Å². The van der Waals surface area contributed by atoms with Crippen LogP contribution in [-0.2, 0) is 17.8 Å². The molecular formula is C29H36ClFN6O2. The van der Waals surface area contributed by atoms with Gasteiger partial charge in [-0.1, -0.05) is 24.6 Å². The third kappa shape index (κ3) is 3.98. The van der Waals surface area contributed by atoms with Crippen LogP contribution in [0.25, 0.3) is 0 Å². The van der Waals surface area contributed by atoms with Gasteiger partial charge in [0.15, 0.2) is 5.69 Å². The Labute approximate surface area is 233 Å². The molecule has 1 aromatic heterocycles. The molecular weight excluding hydrogens is 519 g/mol. The summed E-state index contributed by atoms with van der Waals surface area (Å²) in [6, 6.07) is 5.47. The van der Waals surface area contributed by atoms with E-state index < -0.39 is 12.2 Å². The fourth-order valence-corrected chi connectivity index (χ4v) is 7.65. The summed E-state index contributed by atoms with van der Waals surface area (Å²) in [5.41, 5.74) is 10.3. The SMILES string of the molecule is Cc1c(Cl)cccc1N1CCN(C(=O)Cn2nc(C(=O)N3CC[C@H](N)[C@@H](F)C3)c3c2CC2C(C)C32)C2(CC2)C1. The molecule has 10 heteroatoms. The molecule has 2 saturated heterocycles. The van der Waals surface area contributed by atoms with Crippen LogP contribution in [0.4, 0.5) is 10.1 Å². The number of carbonyl (C=O) groups excluding carboxylic acids is 2. The topological polar surface area (TPSA) is 87.7 Å². The second-order valence-electron chi connectivity index (χ2n) is 12.4. The van der Waals surface area contributed by atoms with E-state index in [1.165, 1.54) is 0 Å². The van der Waals surface area contributed by atoms with Crippen LogP contribution < -0.4 is 10.6 Å². The summed E-state index contributed by atoms with van der Waals surface area (Å²) >= 11 is 6.39. The van der Waals surface area contributed by atoms with Gasteiger partial charge in [-0.05, 0) is 68.1 Å². The monoisotopic (exact) mass is 554 g/mol. The van der Waals surface area contributed by atoms with Crippen molar-refractivity contribution in [2.75, 3.05) is 37.6 Å². The standard InChI is InChI=1S/C29H36ClFN6O2/c1-16-18-12-23-26(25(16)18)27(28(39)34-9-6-21(32)20(31)13-34)33-37(23)14-24(38)36-11-10-35(15-29(36)7-8-29)22-5-3-4-19(30)17(22)2/h3-5,16,18,20-21,25H,6-15,32H2,1-2H3/t16?,18?,20-,21-,25?/m0/s1. The number of nitrogens with zero attached hydrogens (tertiary/aromatic N) is 5. The maximum Gasteiger partial charge on any atom is 0.274 e. The number of piperidine rings is 1. The Morgan fingerprint density at radius 2 is 2.03 bits per heavy atom. The predicted molar refractivity (Wildman–Crippen MR) is 147 cm³/mol. The lowest BCUT2D eigenvalue weighted by molar-refractivity contribution is -0.135. The normalized spacial score (nSPS) is 30.4. The molecule has 3 aliphatic carbocycles. The van der Waals surface area contributed by atoms with Crippen molar-refractivity contribution in [3.8, 4) is 0 Å². The van der Waals surface area contributed by atoms with Gasteiger partial charge < -0.3 is 20.4 Å². The molecule has 1 aromatic carbocycles. The summed E-state index contributed by atoms with van der Waals surface area (Å²) in [6.45, 7) is 7.02. The number of benzene rings is 1. The van der Waals surface area contributed by atoms with Crippen molar-refractivity contribution in [2.24, 2.45) is 17.6 Å². The van der Waals surface area contributed by atoms with Crippen LogP contribution in [0, 0.1) is 18.8 Å². The molecule has 2 saturated carbocycles. The van der Waals surface area contributed by atoms with Gasteiger partial charge in [0.05, 0.1) is 12.1 Å².